The first-order valence-electron chi connectivity index (χ1n) is 7.30. The van der Waals surface area contributed by atoms with Gasteiger partial charge in [-0.1, -0.05) is 6.92 Å². The SMILES string of the molecule is CCC1(NCCCC2CCCNC2)CCC1. The molecule has 16 heavy (non-hydrogen) atoms. The van der Waals surface area contributed by atoms with Gasteiger partial charge in [0.1, 0.15) is 0 Å². The standard InChI is InChI=1S/C14H28N2/c1-2-14(8-5-9-14)16-11-4-7-13-6-3-10-15-12-13/h13,15-16H,2-12H2,1H3. The summed E-state index contributed by atoms with van der Waals surface area (Å²) in [6.45, 7) is 6.08. The molecule has 2 heteroatoms. The molecule has 0 aromatic rings. The normalized spacial score (nSPS) is 28.7. The molecule has 94 valence electrons. The molecule has 0 bridgehead atoms. The molecule has 1 unspecified atom stereocenters. The van der Waals surface area contributed by atoms with Gasteiger partial charge >= 0.3 is 0 Å². The van der Waals surface area contributed by atoms with Gasteiger partial charge in [0.25, 0.3) is 0 Å². The molecular formula is C14H28N2. The average Bonchev–Trinajstić information content (AvgIpc) is 2.29. The van der Waals surface area contributed by atoms with E-state index in [1.54, 1.807) is 0 Å². The van der Waals surface area contributed by atoms with Gasteiger partial charge in [-0.15, -0.1) is 0 Å². The minimum absolute atomic E-state index is 0.546. The second-order valence-corrected chi connectivity index (χ2v) is 5.77. The van der Waals surface area contributed by atoms with Crippen LogP contribution >= 0.6 is 0 Å². The molecule has 0 radical (unpaired) electrons. The quantitative estimate of drug-likeness (QED) is 0.678. The first-order chi connectivity index (χ1) is 7.85. The van der Waals surface area contributed by atoms with Crippen molar-refractivity contribution in [3.8, 4) is 0 Å². The fourth-order valence-electron chi connectivity index (χ4n) is 3.17. The van der Waals surface area contributed by atoms with Gasteiger partial charge in [0.15, 0.2) is 0 Å². The summed E-state index contributed by atoms with van der Waals surface area (Å²) >= 11 is 0. The van der Waals surface area contributed by atoms with Crippen LogP contribution in [0.25, 0.3) is 0 Å². The first-order valence-corrected chi connectivity index (χ1v) is 7.30. The summed E-state index contributed by atoms with van der Waals surface area (Å²) in [4.78, 5) is 0. The molecule has 1 saturated heterocycles. The topological polar surface area (TPSA) is 24.1 Å². The van der Waals surface area contributed by atoms with Crippen LogP contribution in [0.15, 0.2) is 0 Å². The van der Waals surface area contributed by atoms with Crippen molar-refractivity contribution >= 4 is 0 Å². The predicted octanol–water partition coefficient (Wildman–Crippen LogP) is 2.69. The van der Waals surface area contributed by atoms with E-state index in [-0.39, 0.29) is 0 Å². The van der Waals surface area contributed by atoms with Gasteiger partial charge < -0.3 is 10.6 Å². The molecule has 2 aliphatic rings. The van der Waals surface area contributed by atoms with E-state index in [2.05, 4.69) is 17.6 Å². The van der Waals surface area contributed by atoms with Crippen LogP contribution in [-0.4, -0.2) is 25.2 Å². The highest BCUT2D eigenvalue weighted by atomic mass is 15.0. The minimum atomic E-state index is 0.546. The molecular weight excluding hydrogens is 196 g/mol. The highest BCUT2D eigenvalue weighted by Crippen LogP contribution is 2.34. The second kappa shape index (κ2) is 6.02. The summed E-state index contributed by atoms with van der Waals surface area (Å²) in [6.07, 6.45) is 11.2. The van der Waals surface area contributed by atoms with E-state index in [1.807, 2.05) is 0 Å². The van der Waals surface area contributed by atoms with Crippen LogP contribution in [0.2, 0.25) is 0 Å². The molecule has 0 amide bonds. The molecule has 1 heterocycles. The van der Waals surface area contributed by atoms with E-state index < -0.39 is 0 Å². The zero-order valence-electron chi connectivity index (χ0n) is 10.9. The summed E-state index contributed by atoms with van der Waals surface area (Å²) < 4.78 is 0. The Hall–Kier alpha value is -0.0800. The summed E-state index contributed by atoms with van der Waals surface area (Å²) in [5.74, 6) is 0.953. The Morgan fingerprint density at radius 2 is 2.19 bits per heavy atom. The molecule has 2 nitrogen and oxygen atoms in total. The molecule has 2 rings (SSSR count). The zero-order chi connectivity index (χ0) is 11.3. The number of nitrogens with one attached hydrogen (secondary N) is 2. The Balaban J connectivity index is 1.54. The van der Waals surface area contributed by atoms with E-state index in [0.717, 1.165) is 5.92 Å². The van der Waals surface area contributed by atoms with Crippen LogP contribution in [0, 0.1) is 5.92 Å². The third kappa shape index (κ3) is 3.21. The van der Waals surface area contributed by atoms with Crippen LogP contribution in [-0.2, 0) is 0 Å². The highest BCUT2D eigenvalue weighted by molar-refractivity contribution is 4.94. The number of hydrogen-bond acceptors (Lipinski definition) is 2. The molecule has 2 N–H and O–H groups in total. The van der Waals surface area contributed by atoms with Gasteiger partial charge in [0.2, 0.25) is 0 Å². The van der Waals surface area contributed by atoms with E-state index in [4.69, 9.17) is 0 Å². The lowest BCUT2D eigenvalue weighted by Gasteiger charge is -2.42. The Morgan fingerprint density at radius 1 is 1.31 bits per heavy atom. The van der Waals surface area contributed by atoms with E-state index in [0.29, 0.717) is 5.54 Å². The fourth-order valence-corrected chi connectivity index (χ4v) is 3.17. The second-order valence-electron chi connectivity index (χ2n) is 5.77. The van der Waals surface area contributed by atoms with Gasteiger partial charge in [0.05, 0.1) is 0 Å². The molecule has 0 aromatic heterocycles. The minimum Gasteiger partial charge on any atom is -0.316 e. The van der Waals surface area contributed by atoms with Crippen LogP contribution < -0.4 is 10.6 Å². The molecule has 1 aliphatic carbocycles. The molecule has 2 fully saturated rings. The Kier molecular flexibility index (Phi) is 4.66. The van der Waals surface area contributed by atoms with E-state index in [9.17, 15) is 0 Å². The van der Waals surface area contributed by atoms with E-state index >= 15 is 0 Å². The average molecular weight is 224 g/mol. The maximum Gasteiger partial charge on any atom is 0.0178 e. The van der Waals surface area contributed by atoms with Gasteiger partial charge in [-0.25, -0.2) is 0 Å². The Labute approximate surface area is 101 Å². The largest absolute Gasteiger partial charge is 0.316 e. The van der Waals surface area contributed by atoms with Gasteiger partial charge in [-0.05, 0) is 76.9 Å². The maximum absolute atomic E-state index is 3.80. The van der Waals surface area contributed by atoms with Crippen LogP contribution in [0.1, 0.15) is 58.3 Å². The molecule has 0 aromatic carbocycles. The van der Waals surface area contributed by atoms with Crippen LogP contribution in [0.5, 0.6) is 0 Å². The summed E-state index contributed by atoms with van der Waals surface area (Å²) in [5, 5.41) is 7.31. The highest BCUT2D eigenvalue weighted by Gasteiger charge is 2.33. The summed E-state index contributed by atoms with van der Waals surface area (Å²) in [6, 6.07) is 0. The van der Waals surface area contributed by atoms with Crippen molar-refractivity contribution in [1.29, 1.82) is 0 Å². The van der Waals surface area contributed by atoms with Crippen molar-refractivity contribution < 1.29 is 0 Å². The van der Waals surface area contributed by atoms with Crippen LogP contribution in [0.3, 0.4) is 0 Å². The van der Waals surface area contributed by atoms with Crippen molar-refractivity contribution in [2.24, 2.45) is 5.92 Å². The first kappa shape index (κ1) is 12.4. The number of piperidine rings is 1. The van der Waals surface area contributed by atoms with Crippen molar-refractivity contribution in [1.82, 2.24) is 10.6 Å². The lowest BCUT2D eigenvalue weighted by atomic mass is 9.75. The van der Waals surface area contributed by atoms with Gasteiger partial charge in [-0.3, -0.25) is 0 Å². The number of rotatable bonds is 6. The molecule has 1 atom stereocenters. The summed E-state index contributed by atoms with van der Waals surface area (Å²) in [5.41, 5.74) is 0.546. The third-order valence-electron chi connectivity index (χ3n) is 4.68. The zero-order valence-corrected chi connectivity index (χ0v) is 10.9. The predicted molar refractivity (Wildman–Crippen MR) is 69.7 cm³/mol. The lowest BCUT2D eigenvalue weighted by molar-refractivity contribution is 0.175. The lowest BCUT2D eigenvalue weighted by Crippen LogP contribution is -2.50. The molecule has 1 aliphatic heterocycles. The monoisotopic (exact) mass is 224 g/mol. The van der Waals surface area contributed by atoms with Gasteiger partial charge in [-0.2, -0.15) is 0 Å². The van der Waals surface area contributed by atoms with Crippen molar-refractivity contribution in [3.05, 3.63) is 0 Å². The fraction of sp³-hybridized carbons (Fsp3) is 1.00. The van der Waals surface area contributed by atoms with Crippen molar-refractivity contribution in [2.45, 2.75) is 63.8 Å². The summed E-state index contributed by atoms with van der Waals surface area (Å²) in [7, 11) is 0. The Bertz CT molecular complexity index is 187. The van der Waals surface area contributed by atoms with E-state index in [1.165, 1.54) is 71.0 Å². The Morgan fingerprint density at radius 3 is 2.75 bits per heavy atom. The molecule has 1 saturated carbocycles. The third-order valence-corrected chi connectivity index (χ3v) is 4.68. The van der Waals surface area contributed by atoms with Crippen LogP contribution in [0.4, 0.5) is 0 Å². The van der Waals surface area contributed by atoms with Crippen molar-refractivity contribution in [3.63, 3.8) is 0 Å². The van der Waals surface area contributed by atoms with Gasteiger partial charge in [0, 0.05) is 5.54 Å². The smallest absolute Gasteiger partial charge is 0.0178 e. The number of hydrogen-bond donors (Lipinski definition) is 2. The maximum atomic E-state index is 3.80. The van der Waals surface area contributed by atoms with Crippen molar-refractivity contribution in [2.75, 3.05) is 19.6 Å². The molecule has 0 spiro atoms.